The zero-order chi connectivity index (χ0) is 12.0. The van der Waals surface area contributed by atoms with Gasteiger partial charge >= 0.3 is 6.18 Å². The van der Waals surface area contributed by atoms with Crippen LogP contribution in [0, 0.1) is 0 Å². The lowest BCUT2D eigenvalue weighted by atomic mass is 10.3. The number of pyridine rings is 1. The van der Waals surface area contributed by atoms with Crippen LogP contribution in [0.25, 0.3) is 0 Å². The molecule has 0 saturated carbocycles. The lowest BCUT2D eigenvalue weighted by Crippen LogP contribution is -2.16. The molecule has 0 unspecified atom stereocenters. The molecule has 0 amide bonds. The van der Waals surface area contributed by atoms with Crippen LogP contribution in [-0.2, 0) is 11.3 Å². The van der Waals surface area contributed by atoms with Crippen LogP contribution >= 0.6 is 0 Å². The molecule has 0 spiro atoms. The van der Waals surface area contributed by atoms with Gasteiger partial charge in [0.1, 0.15) is 12.4 Å². The maximum atomic E-state index is 11.8. The molecule has 6 heteroatoms. The van der Waals surface area contributed by atoms with Crippen LogP contribution in [0.4, 0.5) is 19.0 Å². The van der Waals surface area contributed by atoms with E-state index < -0.39 is 12.8 Å². The number of nitrogens with one attached hydrogen (secondary N) is 1. The van der Waals surface area contributed by atoms with Crippen molar-refractivity contribution in [3.05, 3.63) is 23.9 Å². The largest absolute Gasteiger partial charge is 0.411 e. The third kappa shape index (κ3) is 4.97. The highest BCUT2D eigenvalue weighted by Gasteiger charge is 2.27. The van der Waals surface area contributed by atoms with E-state index >= 15 is 0 Å². The van der Waals surface area contributed by atoms with Crippen molar-refractivity contribution in [1.82, 2.24) is 4.98 Å². The van der Waals surface area contributed by atoms with E-state index in [4.69, 9.17) is 0 Å². The molecule has 0 aliphatic heterocycles. The zero-order valence-corrected chi connectivity index (χ0v) is 8.84. The Morgan fingerprint density at radius 2 is 2.19 bits per heavy atom. The summed E-state index contributed by atoms with van der Waals surface area (Å²) in [6, 6.07) is 3.29. The Bertz CT molecular complexity index is 328. The van der Waals surface area contributed by atoms with Crippen LogP contribution in [0.1, 0.15) is 12.5 Å². The normalized spacial score (nSPS) is 11.5. The summed E-state index contributed by atoms with van der Waals surface area (Å²) < 4.78 is 40.0. The molecule has 1 aromatic heterocycles. The number of hydrogen-bond donors (Lipinski definition) is 1. The second-order valence-corrected chi connectivity index (χ2v) is 3.19. The maximum absolute atomic E-state index is 11.8. The minimum absolute atomic E-state index is 0.0690. The molecule has 0 atom stereocenters. The third-order valence-electron chi connectivity index (χ3n) is 1.72. The predicted molar refractivity (Wildman–Crippen MR) is 54.1 cm³/mol. The Kier molecular flexibility index (Phi) is 4.54. The van der Waals surface area contributed by atoms with Gasteiger partial charge in [-0.2, -0.15) is 13.2 Å². The first-order valence-corrected chi connectivity index (χ1v) is 4.84. The van der Waals surface area contributed by atoms with Crippen LogP contribution in [0.3, 0.4) is 0 Å². The molecule has 1 N–H and O–H groups in total. The number of hydrogen-bond acceptors (Lipinski definition) is 3. The van der Waals surface area contributed by atoms with Crippen molar-refractivity contribution in [1.29, 1.82) is 0 Å². The van der Waals surface area contributed by atoms with E-state index in [9.17, 15) is 13.2 Å². The van der Waals surface area contributed by atoms with Gasteiger partial charge in [0.25, 0.3) is 0 Å². The number of anilines is 1. The van der Waals surface area contributed by atoms with Crippen molar-refractivity contribution in [2.45, 2.75) is 19.7 Å². The highest BCUT2D eigenvalue weighted by Crippen LogP contribution is 2.16. The SMILES string of the molecule is CCNc1cc(COCC(F)(F)F)ccn1. The van der Waals surface area contributed by atoms with E-state index in [0.29, 0.717) is 17.9 Å². The average Bonchev–Trinajstić information content (AvgIpc) is 2.17. The first-order valence-electron chi connectivity index (χ1n) is 4.84. The number of alkyl halides is 3. The summed E-state index contributed by atoms with van der Waals surface area (Å²) in [7, 11) is 0. The quantitative estimate of drug-likeness (QED) is 0.850. The van der Waals surface area contributed by atoms with Crippen molar-refractivity contribution in [2.75, 3.05) is 18.5 Å². The number of aromatic nitrogens is 1. The number of halogens is 3. The van der Waals surface area contributed by atoms with Gasteiger partial charge in [0.2, 0.25) is 0 Å². The average molecular weight is 234 g/mol. The predicted octanol–water partition coefficient (Wildman–Crippen LogP) is 2.59. The highest BCUT2D eigenvalue weighted by atomic mass is 19.4. The Balaban J connectivity index is 2.44. The fourth-order valence-electron chi connectivity index (χ4n) is 1.13. The molecule has 0 radical (unpaired) electrons. The molecule has 16 heavy (non-hydrogen) atoms. The molecular weight excluding hydrogens is 221 g/mol. The second kappa shape index (κ2) is 5.69. The van der Waals surface area contributed by atoms with Gasteiger partial charge in [-0.25, -0.2) is 4.98 Å². The van der Waals surface area contributed by atoms with Crippen LogP contribution in [-0.4, -0.2) is 24.3 Å². The Morgan fingerprint density at radius 3 is 2.81 bits per heavy atom. The van der Waals surface area contributed by atoms with Crippen LogP contribution < -0.4 is 5.32 Å². The first kappa shape index (κ1) is 12.8. The number of ether oxygens (including phenoxy) is 1. The van der Waals surface area contributed by atoms with E-state index in [2.05, 4.69) is 15.0 Å². The maximum Gasteiger partial charge on any atom is 0.411 e. The molecule has 0 aromatic carbocycles. The van der Waals surface area contributed by atoms with Gasteiger partial charge in [0.05, 0.1) is 6.61 Å². The molecule has 1 heterocycles. The highest BCUT2D eigenvalue weighted by molar-refractivity contribution is 5.36. The fourth-order valence-corrected chi connectivity index (χ4v) is 1.13. The smallest absolute Gasteiger partial charge is 0.370 e. The van der Waals surface area contributed by atoms with Crippen molar-refractivity contribution in [3.8, 4) is 0 Å². The van der Waals surface area contributed by atoms with Gasteiger partial charge in [-0.3, -0.25) is 0 Å². The van der Waals surface area contributed by atoms with Crippen molar-refractivity contribution in [3.63, 3.8) is 0 Å². The van der Waals surface area contributed by atoms with Crippen LogP contribution in [0.2, 0.25) is 0 Å². The standard InChI is InChI=1S/C10H13F3N2O/c1-2-14-9-5-8(3-4-15-9)6-16-7-10(11,12)13/h3-5H,2,6-7H2,1H3,(H,14,15). The van der Waals surface area contributed by atoms with E-state index in [0.717, 1.165) is 0 Å². The van der Waals surface area contributed by atoms with E-state index in [-0.39, 0.29) is 6.61 Å². The molecule has 1 aromatic rings. The Hall–Kier alpha value is -1.30. The van der Waals surface area contributed by atoms with E-state index in [1.165, 1.54) is 6.20 Å². The molecule has 3 nitrogen and oxygen atoms in total. The molecule has 0 saturated heterocycles. The molecule has 1 rings (SSSR count). The third-order valence-corrected chi connectivity index (χ3v) is 1.72. The summed E-state index contributed by atoms with van der Waals surface area (Å²) in [6.07, 6.45) is -2.75. The summed E-state index contributed by atoms with van der Waals surface area (Å²) in [5.74, 6) is 0.635. The Labute approximate surface area is 91.6 Å². The van der Waals surface area contributed by atoms with Crippen molar-refractivity contribution < 1.29 is 17.9 Å². The summed E-state index contributed by atoms with van der Waals surface area (Å²) in [4.78, 5) is 4.00. The lowest BCUT2D eigenvalue weighted by Gasteiger charge is -2.08. The number of nitrogens with zero attached hydrogens (tertiary/aromatic N) is 1. The number of rotatable bonds is 5. The summed E-state index contributed by atoms with van der Waals surface area (Å²) in [5, 5.41) is 2.97. The van der Waals surface area contributed by atoms with Gasteiger partial charge in [-0.1, -0.05) is 0 Å². The molecule has 0 bridgehead atoms. The lowest BCUT2D eigenvalue weighted by molar-refractivity contribution is -0.176. The van der Waals surface area contributed by atoms with Crippen molar-refractivity contribution >= 4 is 5.82 Å². The van der Waals surface area contributed by atoms with E-state index in [1.807, 2.05) is 6.92 Å². The fraction of sp³-hybridized carbons (Fsp3) is 0.500. The zero-order valence-electron chi connectivity index (χ0n) is 8.84. The molecule has 0 aliphatic rings. The summed E-state index contributed by atoms with van der Waals surface area (Å²) in [6.45, 7) is 1.32. The van der Waals surface area contributed by atoms with Gasteiger partial charge in [0, 0.05) is 12.7 Å². The van der Waals surface area contributed by atoms with Gasteiger partial charge in [-0.15, -0.1) is 0 Å². The minimum atomic E-state index is -4.28. The topological polar surface area (TPSA) is 34.1 Å². The van der Waals surface area contributed by atoms with Crippen molar-refractivity contribution in [2.24, 2.45) is 0 Å². The molecular formula is C10H13F3N2O. The minimum Gasteiger partial charge on any atom is -0.370 e. The summed E-state index contributed by atoms with van der Waals surface area (Å²) >= 11 is 0. The summed E-state index contributed by atoms with van der Waals surface area (Å²) in [5.41, 5.74) is 0.662. The van der Waals surface area contributed by atoms with E-state index in [1.54, 1.807) is 12.1 Å². The Morgan fingerprint density at radius 1 is 1.44 bits per heavy atom. The van der Waals surface area contributed by atoms with Gasteiger partial charge in [-0.05, 0) is 24.6 Å². The monoisotopic (exact) mass is 234 g/mol. The molecule has 90 valence electrons. The van der Waals surface area contributed by atoms with Crippen LogP contribution in [0.5, 0.6) is 0 Å². The van der Waals surface area contributed by atoms with Gasteiger partial charge < -0.3 is 10.1 Å². The first-order chi connectivity index (χ1) is 7.51. The van der Waals surface area contributed by atoms with Crippen LogP contribution in [0.15, 0.2) is 18.3 Å². The van der Waals surface area contributed by atoms with Gasteiger partial charge in [0.15, 0.2) is 0 Å². The molecule has 0 fully saturated rings. The second-order valence-electron chi connectivity index (χ2n) is 3.19. The molecule has 0 aliphatic carbocycles.